The molecule has 1 amide bonds. The molecule has 3 heterocycles. The van der Waals surface area contributed by atoms with Gasteiger partial charge >= 0.3 is 0 Å². The Morgan fingerprint density at radius 2 is 1.93 bits per heavy atom. The zero-order chi connectivity index (χ0) is 19.1. The number of hydrogen-bond acceptors (Lipinski definition) is 4. The van der Waals surface area contributed by atoms with Gasteiger partial charge in [0.15, 0.2) is 5.96 Å². The van der Waals surface area contributed by atoms with Gasteiger partial charge in [0.2, 0.25) is 5.91 Å². The number of aliphatic imine (C=N–C) groups is 1. The summed E-state index contributed by atoms with van der Waals surface area (Å²) in [5.74, 6) is 1.61. The van der Waals surface area contributed by atoms with Crippen molar-refractivity contribution in [2.45, 2.75) is 44.6 Å². The van der Waals surface area contributed by atoms with Crippen LogP contribution in [-0.4, -0.2) is 99.2 Å². The average Bonchev–Trinajstić information content (AvgIpc) is 3.34. The molecule has 0 bridgehead atoms. The van der Waals surface area contributed by atoms with E-state index in [9.17, 15) is 4.79 Å². The van der Waals surface area contributed by atoms with Crippen LogP contribution in [0.25, 0.3) is 0 Å². The maximum absolute atomic E-state index is 12.0. The van der Waals surface area contributed by atoms with E-state index in [1.54, 1.807) is 19.0 Å². The second kappa shape index (κ2) is 12.2. The quantitative estimate of drug-likeness (QED) is 0.337. The fourth-order valence-electron chi connectivity index (χ4n) is 4.24. The minimum Gasteiger partial charge on any atom is -0.376 e. The van der Waals surface area contributed by atoms with Crippen LogP contribution < -0.4 is 5.32 Å². The SMILES string of the molecule is CN(C)C(=O)CN=C(NCC1CCCO1)N1CCC(CN2CCCCC2)C1.I. The van der Waals surface area contributed by atoms with Gasteiger partial charge in [-0.25, -0.2) is 4.99 Å². The van der Waals surface area contributed by atoms with Gasteiger partial charge in [-0.2, -0.15) is 0 Å². The molecule has 0 saturated carbocycles. The molecular weight excluding hydrogens is 469 g/mol. The Bertz CT molecular complexity index is 505. The van der Waals surface area contributed by atoms with Gasteiger partial charge in [-0.15, -0.1) is 24.0 Å². The van der Waals surface area contributed by atoms with Crippen molar-refractivity contribution >= 4 is 35.8 Å². The van der Waals surface area contributed by atoms with Gasteiger partial charge in [0.1, 0.15) is 6.54 Å². The van der Waals surface area contributed by atoms with Gasteiger partial charge in [0, 0.05) is 46.9 Å². The van der Waals surface area contributed by atoms with Gasteiger partial charge in [-0.3, -0.25) is 4.79 Å². The van der Waals surface area contributed by atoms with Crippen molar-refractivity contribution in [1.29, 1.82) is 0 Å². The number of piperidine rings is 1. The van der Waals surface area contributed by atoms with Gasteiger partial charge in [0.25, 0.3) is 0 Å². The first-order valence-corrected chi connectivity index (χ1v) is 10.7. The molecule has 162 valence electrons. The normalized spacial score (nSPS) is 26.2. The van der Waals surface area contributed by atoms with Gasteiger partial charge < -0.3 is 24.8 Å². The standard InChI is InChI=1S/C20H37N5O2.HI/c1-23(2)19(26)14-22-20(21-13-18-7-6-12-27-18)25-11-8-17(16-25)15-24-9-4-3-5-10-24;/h17-18H,3-16H2,1-2H3,(H,21,22);1H. The molecule has 0 radical (unpaired) electrons. The van der Waals surface area contributed by atoms with E-state index < -0.39 is 0 Å². The number of carbonyl (C=O) groups excluding carboxylic acids is 1. The summed E-state index contributed by atoms with van der Waals surface area (Å²) in [6.45, 7) is 7.61. The highest BCUT2D eigenvalue weighted by molar-refractivity contribution is 14.0. The van der Waals surface area contributed by atoms with Gasteiger partial charge in [0.05, 0.1) is 6.10 Å². The lowest BCUT2D eigenvalue weighted by atomic mass is 10.1. The molecule has 0 spiro atoms. The van der Waals surface area contributed by atoms with Crippen molar-refractivity contribution < 1.29 is 9.53 Å². The Morgan fingerprint density at radius 1 is 1.14 bits per heavy atom. The largest absolute Gasteiger partial charge is 0.376 e. The molecule has 0 aromatic carbocycles. The number of nitrogens with zero attached hydrogens (tertiary/aromatic N) is 4. The first-order valence-electron chi connectivity index (χ1n) is 10.7. The molecular formula is C20H38IN5O2. The number of likely N-dealkylation sites (tertiary alicyclic amines) is 2. The minimum atomic E-state index is 0. The number of carbonyl (C=O) groups is 1. The van der Waals surface area contributed by atoms with Crippen LogP contribution in [0.4, 0.5) is 0 Å². The van der Waals surface area contributed by atoms with Crippen LogP contribution in [0.3, 0.4) is 0 Å². The lowest BCUT2D eigenvalue weighted by Crippen LogP contribution is -2.44. The van der Waals surface area contributed by atoms with E-state index in [0.29, 0.717) is 5.92 Å². The Morgan fingerprint density at radius 3 is 2.61 bits per heavy atom. The van der Waals surface area contributed by atoms with Crippen LogP contribution in [0, 0.1) is 5.92 Å². The van der Waals surface area contributed by atoms with Crippen LogP contribution in [0.2, 0.25) is 0 Å². The summed E-state index contributed by atoms with van der Waals surface area (Å²) in [4.78, 5) is 23.2. The van der Waals surface area contributed by atoms with E-state index >= 15 is 0 Å². The van der Waals surface area contributed by atoms with E-state index in [0.717, 1.165) is 45.0 Å². The van der Waals surface area contributed by atoms with Crippen LogP contribution >= 0.6 is 24.0 Å². The van der Waals surface area contributed by atoms with Crippen molar-refractivity contribution in [3.8, 4) is 0 Å². The molecule has 2 atom stereocenters. The molecule has 7 nitrogen and oxygen atoms in total. The molecule has 3 aliphatic heterocycles. The lowest BCUT2D eigenvalue weighted by Gasteiger charge is -2.29. The number of amides is 1. The molecule has 0 aliphatic carbocycles. The Balaban J connectivity index is 0.00000280. The predicted octanol–water partition coefficient (Wildman–Crippen LogP) is 1.63. The molecule has 0 aromatic heterocycles. The molecule has 0 aromatic rings. The first kappa shape index (κ1) is 23.7. The Labute approximate surface area is 187 Å². The van der Waals surface area contributed by atoms with Crippen LogP contribution in [0.5, 0.6) is 0 Å². The maximum atomic E-state index is 12.0. The van der Waals surface area contributed by atoms with E-state index in [2.05, 4.69) is 20.1 Å². The average molecular weight is 507 g/mol. The van der Waals surface area contributed by atoms with Crippen LogP contribution in [0.15, 0.2) is 4.99 Å². The van der Waals surface area contributed by atoms with E-state index in [1.165, 1.54) is 45.3 Å². The number of nitrogens with one attached hydrogen (secondary N) is 1. The van der Waals surface area contributed by atoms with E-state index in [1.807, 2.05) is 0 Å². The van der Waals surface area contributed by atoms with Crippen molar-refractivity contribution in [3.63, 3.8) is 0 Å². The summed E-state index contributed by atoms with van der Waals surface area (Å²) in [5, 5.41) is 3.49. The second-order valence-electron chi connectivity index (χ2n) is 8.41. The summed E-state index contributed by atoms with van der Waals surface area (Å²) in [6.07, 6.45) is 7.80. The molecule has 1 N–H and O–H groups in total. The summed E-state index contributed by atoms with van der Waals surface area (Å²) in [5.41, 5.74) is 0. The first-order chi connectivity index (χ1) is 13.1. The number of rotatable bonds is 6. The third kappa shape index (κ3) is 7.33. The third-order valence-corrected chi connectivity index (χ3v) is 5.93. The number of ether oxygens (including phenoxy) is 1. The summed E-state index contributed by atoms with van der Waals surface area (Å²) < 4.78 is 5.73. The fourth-order valence-corrected chi connectivity index (χ4v) is 4.24. The molecule has 3 aliphatic rings. The van der Waals surface area contributed by atoms with Crippen LogP contribution in [-0.2, 0) is 9.53 Å². The monoisotopic (exact) mass is 507 g/mol. The number of halogens is 1. The zero-order valence-electron chi connectivity index (χ0n) is 17.6. The summed E-state index contributed by atoms with van der Waals surface area (Å²) in [7, 11) is 3.56. The third-order valence-electron chi connectivity index (χ3n) is 5.93. The van der Waals surface area contributed by atoms with Crippen molar-refractivity contribution in [1.82, 2.24) is 20.0 Å². The highest BCUT2D eigenvalue weighted by Crippen LogP contribution is 2.20. The van der Waals surface area contributed by atoms with E-state index in [-0.39, 0.29) is 42.5 Å². The summed E-state index contributed by atoms with van der Waals surface area (Å²) >= 11 is 0. The van der Waals surface area contributed by atoms with E-state index in [4.69, 9.17) is 4.74 Å². The fraction of sp³-hybridized carbons (Fsp3) is 0.900. The topological polar surface area (TPSA) is 60.4 Å². The molecule has 3 rings (SSSR count). The Hall–Kier alpha value is -0.610. The zero-order valence-corrected chi connectivity index (χ0v) is 19.9. The van der Waals surface area contributed by atoms with Gasteiger partial charge in [-0.1, -0.05) is 6.42 Å². The minimum absolute atomic E-state index is 0. The molecule has 3 fully saturated rings. The van der Waals surface area contributed by atoms with Crippen molar-refractivity contribution in [2.24, 2.45) is 10.9 Å². The number of hydrogen-bond donors (Lipinski definition) is 1. The molecule has 28 heavy (non-hydrogen) atoms. The van der Waals surface area contributed by atoms with Crippen LogP contribution in [0.1, 0.15) is 38.5 Å². The molecule has 8 heteroatoms. The maximum Gasteiger partial charge on any atom is 0.243 e. The molecule has 2 unspecified atom stereocenters. The smallest absolute Gasteiger partial charge is 0.243 e. The molecule has 3 saturated heterocycles. The van der Waals surface area contributed by atoms with Gasteiger partial charge in [-0.05, 0) is 51.1 Å². The number of likely N-dealkylation sites (N-methyl/N-ethyl adjacent to an activating group) is 1. The summed E-state index contributed by atoms with van der Waals surface area (Å²) in [6, 6.07) is 0. The Kier molecular flexibility index (Phi) is 10.3. The van der Waals surface area contributed by atoms with Crippen molar-refractivity contribution in [2.75, 3.05) is 66.5 Å². The van der Waals surface area contributed by atoms with Crippen molar-refractivity contribution in [3.05, 3.63) is 0 Å². The predicted molar refractivity (Wildman–Crippen MR) is 123 cm³/mol. The number of guanidine groups is 1. The second-order valence-corrected chi connectivity index (χ2v) is 8.41. The highest BCUT2D eigenvalue weighted by atomic mass is 127. The highest BCUT2D eigenvalue weighted by Gasteiger charge is 2.28. The lowest BCUT2D eigenvalue weighted by molar-refractivity contribution is -0.127.